The van der Waals surface area contributed by atoms with Gasteiger partial charge in [0.1, 0.15) is 11.3 Å². The predicted molar refractivity (Wildman–Crippen MR) is 145 cm³/mol. The molecule has 5 heteroatoms. The van der Waals surface area contributed by atoms with Gasteiger partial charge >= 0.3 is 0 Å². The second kappa shape index (κ2) is 11.4. The molecule has 0 radical (unpaired) electrons. The zero-order valence-electron chi connectivity index (χ0n) is 20.7. The van der Waals surface area contributed by atoms with E-state index < -0.39 is 0 Å². The fourth-order valence-corrected chi connectivity index (χ4v) is 4.27. The summed E-state index contributed by atoms with van der Waals surface area (Å²) in [6, 6.07) is 22.7. The van der Waals surface area contributed by atoms with E-state index in [1.165, 1.54) is 5.69 Å². The Hall–Kier alpha value is -4.04. The summed E-state index contributed by atoms with van der Waals surface area (Å²) in [5.74, 6) is 4.21. The van der Waals surface area contributed by atoms with Crippen molar-refractivity contribution in [3.8, 4) is 18.1 Å². The minimum absolute atomic E-state index is 0.191. The molecule has 2 aromatic heterocycles. The van der Waals surface area contributed by atoms with Crippen LogP contribution in [0, 0.1) is 19.3 Å². The molecule has 0 aliphatic carbocycles. The van der Waals surface area contributed by atoms with Gasteiger partial charge in [-0.2, -0.15) is 0 Å². The minimum atomic E-state index is -0.191. The monoisotopic (exact) mass is 464 g/mol. The standard InChI is InChI=1S/C30H32N4O/c1-5-8-21-35-30-26(19-16-24-13-12-22(4)32-29(24)30)28(33-27-11-9-10-20-31-27)23-14-17-25(18-15-23)34(6-2)7-3/h1,9-20,28H,6-8,21H2,2-4H3,(H,31,33). The predicted octanol–water partition coefficient (Wildman–Crippen LogP) is 6.39. The number of ether oxygens (including phenoxy) is 1. The smallest absolute Gasteiger partial charge is 0.151 e. The molecule has 1 unspecified atom stereocenters. The summed E-state index contributed by atoms with van der Waals surface area (Å²) in [5.41, 5.74) is 5.09. The van der Waals surface area contributed by atoms with Gasteiger partial charge in [0.05, 0.1) is 12.6 Å². The first-order chi connectivity index (χ1) is 17.1. The van der Waals surface area contributed by atoms with Gasteiger partial charge < -0.3 is 15.0 Å². The van der Waals surface area contributed by atoms with Gasteiger partial charge in [-0.3, -0.25) is 0 Å². The van der Waals surface area contributed by atoms with E-state index in [4.69, 9.17) is 16.1 Å². The van der Waals surface area contributed by atoms with Crippen LogP contribution in [-0.4, -0.2) is 29.7 Å². The van der Waals surface area contributed by atoms with Gasteiger partial charge in [-0.05, 0) is 56.7 Å². The third-order valence-corrected chi connectivity index (χ3v) is 6.10. The maximum atomic E-state index is 6.31. The molecule has 0 saturated carbocycles. The van der Waals surface area contributed by atoms with Crippen LogP contribution in [0.25, 0.3) is 10.9 Å². The molecule has 0 saturated heterocycles. The molecule has 4 rings (SSSR count). The molecule has 0 aliphatic rings. The summed E-state index contributed by atoms with van der Waals surface area (Å²) in [5, 5.41) is 4.66. The van der Waals surface area contributed by atoms with Gasteiger partial charge in [-0.15, -0.1) is 12.3 Å². The molecule has 0 fully saturated rings. The van der Waals surface area contributed by atoms with Crippen molar-refractivity contribution in [2.24, 2.45) is 0 Å². The van der Waals surface area contributed by atoms with Crippen LogP contribution in [0.1, 0.15) is 43.1 Å². The molecular formula is C30H32N4O. The fraction of sp³-hybridized carbons (Fsp3) is 0.267. The number of rotatable bonds is 10. The number of hydrogen-bond donors (Lipinski definition) is 1. The Morgan fingerprint density at radius 1 is 1.00 bits per heavy atom. The van der Waals surface area contributed by atoms with Gasteiger partial charge in [0.15, 0.2) is 5.75 Å². The number of pyridine rings is 2. The highest BCUT2D eigenvalue weighted by Gasteiger charge is 2.22. The summed E-state index contributed by atoms with van der Waals surface area (Å²) < 4.78 is 6.31. The van der Waals surface area contributed by atoms with Crippen LogP contribution in [0.2, 0.25) is 0 Å². The lowest BCUT2D eigenvalue weighted by Gasteiger charge is -2.25. The van der Waals surface area contributed by atoms with E-state index in [1.807, 2.05) is 31.2 Å². The number of hydrogen-bond acceptors (Lipinski definition) is 5. The summed E-state index contributed by atoms with van der Waals surface area (Å²) in [6.45, 7) is 8.70. The molecule has 5 nitrogen and oxygen atoms in total. The topological polar surface area (TPSA) is 50.3 Å². The number of aryl methyl sites for hydroxylation is 1. The zero-order valence-corrected chi connectivity index (χ0v) is 20.7. The summed E-state index contributed by atoms with van der Waals surface area (Å²) >= 11 is 0. The second-order valence-corrected chi connectivity index (χ2v) is 8.37. The molecule has 35 heavy (non-hydrogen) atoms. The van der Waals surface area contributed by atoms with E-state index in [1.54, 1.807) is 6.20 Å². The highest BCUT2D eigenvalue weighted by molar-refractivity contribution is 5.86. The van der Waals surface area contributed by atoms with E-state index in [9.17, 15) is 0 Å². The normalized spacial score (nSPS) is 11.6. The van der Waals surface area contributed by atoms with Gasteiger partial charge in [-0.25, -0.2) is 9.97 Å². The number of benzene rings is 2. The van der Waals surface area contributed by atoms with Crippen LogP contribution in [-0.2, 0) is 0 Å². The van der Waals surface area contributed by atoms with Gasteiger partial charge in [0.25, 0.3) is 0 Å². The first kappa shape index (κ1) is 24.1. The first-order valence-corrected chi connectivity index (χ1v) is 12.1. The molecule has 2 aromatic carbocycles. The van der Waals surface area contributed by atoms with Crippen molar-refractivity contribution in [1.29, 1.82) is 0 Å². The molecule has 1 atom stereocenters. The highest BCUT2D eigenvalue weighted by Crippen LogP contribution is 2.38. The van der Waals surface area contributed by atoms with Crippen LogP contribution in [0.3, 0.4) is 0 Å². The lowest BCUT2D eigenvalue weighted by molar-refractivity contribution is 0.326. The number of aromatic nitrogens is 2. The molecule has 0 amide bonds. The highest BCUT2D eigenvalue weighted by atomic mass is 16.5. The van der Waals surface area contributed by atoms with Gasteiger partial charge in [0.2, 0.25) is 0 Å². The number of nitrogens with zero attached hydrogens (tertiary/aromatic N) is 3. The molecule has 0 spiro atoms. The van der Waals surface area contributed by atoms with Gasteiger partial charge in [-0.1, -0.05) is 36.4 Å². The Kier molecular flexibility index (Phi) is 7.84. The average Bonchev–Trinajstić information content (AvgIpc) is 2.89. The summed E-state index contributed by atoms with van der Waals surface area (Å²) in [6.07, 6.45) is 7.83. The van der Waals surface area contributed by atoms with Gasteiger partial charge in [0, 0.05) is 48.0 Å². The van der Waals surface area contributed by atoms with Crippen LogP contribution in [0.15, 0.2) is 72.9 Å². The molecule has 0 aliphatic heterocycles. The number of anilines is 2. The fourth-order valence-electron chi connectivity index (χ4n) is 4.27. The Labute approximate surface area is 208 Å². The first-order valence-electron chi connectivity index (χ1n) is 12.1. The average molecular weight is 465 g/mol. The van der Waals surface area contributed by atoms with Crippen molar-refractivity contribution in [2.45, 2.75) is 33.2 Å². The van der Waals surface area contributed by atoms with Crippen molar-refractivity contribution < 1.29 is 4.74 Å². The molecule has 1 N–H and O–H groups in total. The molecule has 0 bridgehead atoms. The van der Waals surface area contributed by atoms with E-state index in [2.05, 4.69) is 77.4 Å². The number of nitrogens with one attached hydrogen (secondary N) is 1. The summed E-state index contributed by atoms with van der Waals surface area (Å²) in [7, 11) is 0. The molecule has 178 valence electrons. The van der Waals surface area contributed by atoms with Crippen LogP contribution >= 0.6 is 0 Å². The third-order valence-electron chi connectivity index (χ3n) is 6.10. The largest absolute Gasteiger partial charge is 0.490 e. The summed E-state index contributed by atoms with van der Waals surface area (Å²) in [4.78, 5) is 11.7. The maximum Gasteiger partial charge on any atom is 0.151 e. The maximum absolute atomic E-state index is 6.31. The third kappa shape index (κ3) is 5.55. The van der Waals surface area contributed by atoms with E-state index >= 15 is 0 Å². The lowest BCUT2D eigenvalue weighted by Crippen LogP contribution is -2.22. The van der Waals surface area contributed by atoms with Crippen LogP contribution < -0.4 is 15.0 Å². The van der Waals surface area contributed by atoms with Crippen molar-refractivity contribution in [3.05, 3.63) is 89.7 Å². The SMILES string of the molecule is C#CCCOc1c(C(Nc2ccccn2)c2ccc(N(CC)CC)cc2)ccc2ccc(C)nc12. The Balaban J connectivity index is 1.84. The van der Waals surface area contributed by atoms with Crippen LogP contribution in [0.4, 0.5) is 11.5 Å². The Bertz CT molecular complexity index is 1290. The second-order valence-electron chi connectivity index (χ2n) is 8.37. The van der Waals surface area contributed by atoms with Crippen LogP contribution in [0.5, 0.6) is 5.75 Å². The van der Waals surface area contributed by atoms with Crippen molar-refractivity contribution in [2.75, 3.05) is 29.9 Å². The number of fused-ring (bicyclic) bond motifs is 1. The Morgan fingerprint density at radius 3 is 2.46 bits per heavy atom. The van der Waals surface area contributed by atoms with E-state index in [0.29, 0.717) is 13.0 Å². The van der Waals surface area contributed by atoms with E-state index in [-0.39, 0.29) is 6.04 Å². The molecule has 4 aromatic rings. The van der Waals surface area contributed by atoms with Crippen molar-refractivity contribution in [1.82, 2.24) is 9.97 Å². The lowest BCUT2D eigenvalue weighted by atomic mass is 9.95. The minimum Gasteiger partial charge on any atom is -0.490 e. The molecule has 2 heterocycles. The quantitative estimate of drug-likeness (QED) is 0.218. The van der Waals surface area contributed by atoms with Crippen molar-refractivity contribution in [3.63, 3.8) is 0 Å². The number of terminal acetylenes is 1. The van der Waals surface area contributed by atoms with E-state index in [0.717, 1.165) is 52.4 Å². The van der Waals surface area contributed by atoms with Crippen molar-refractivity contribution >= 4 is 22.4 Å². The zero-order chi connectivity index (χ0) is 24.6. The Morgan fingerprint density at radius 2 is 1.77 bits per heavy atom. The molecular weight excluding hydrogens is 432 g/mol.